The number of hydrogen-bond acceptors (Lipinski definition) is 2. The molecule has 1 aromatic heterocycles. The maximum absolute atomic E-state index is 13.7. The van der Waals surface area contributed by atoms with Crippen LogP contribution >= 0.6 is 0 Å². The molecule has 1 heterocycles. The minimum absolute atomic E-state index is 0.0241. The van der Waals surface area contributed by atoms with E-state index >= 15 is 0 Å². The number of rotatable bonds is 5. The third kappa shape index (κ3) is 2.28. The van der Waals surface area contributed by atoms with Crippen molar-refractivity contribution in [2.24, 2.45) is 0 Å². The van der Waals surface area contributed by atoms with Gasteiger partial charge in [-0.25, -0.2) is 13.6 Å². The zero-order valence-electron chi connectivity index (χ0n) is 9.75. The summed E-state index contributed by atoms with van der Waals surface area (Å²) in [6.45, 7) is 0.394. The highest BCUT2D eigenvalue weighted by Crippen LogP contribution is 2.18. The number of unbranched alkanes of at least 4 members (excludes halogenated alkanes) is 2. The van der Waals surface area contributed by atoms with Crippen LogP contribution in [0.15, 0.2) is 16.9 Å². The molecule has 0 aliphatic rings. The second-order valence-corrected chi connectivity index (χ2v) is 4.12. The predicted molar refractivity (Wildman–Crippen MR) is 63.4 cm³/mol. The fourth-order valence-electron chi connectivity index (χ4n) is 1.96. The molecule has 0 aliphatic carbocycles. The van der Waals surface area contributed by atoms with Crippen molar-refractivity contribution in [1.29, 1.82) is 0 Å². The summed E-state index contributed by atoms with van der Waals surface area (Å²) in [5.74, 6) is -1.97. The normalized spacial score (nSPS) is 11.3. The van der Waals surface area contributed by atoms with Crippen LogP contribution in [0.1, 0.15) is 19.3 Å². The number of aryl methyl sites for hydroxylation is 1. The predicted octanol–water partition coefficient (Wildman–Crippen LogP) is 1.77. The topological polar surface area (TPSA) is 58.0 Å². The number of fused-ring (bicyclic) bond motifs is 1. The molecule has 6 heteroatoms. The summed E-state index contributed by atoms with van der Waals surface area (Å²) < 4.78 is 28.0. The van der Waals surface area contributed by atoms with Crippen molar-refractivity contribution in [2.45, 2.75) is 25.8 Å². The SMILES string of the molecule is O=c1[nH]c2ccc(F)c(F)c2n1CCCCCO. The molecule has 18 heavy (non-hydrogen) atoms. The highest BCUT2D eigenvalue weighted by atomic mass is 19.2. The first-order chi connectivity index (χ1) is 8.65. The fourth-order valence-corrected chi connectivity index (χ4v) is 1.96. The van der Waals surface area contributed by atoms with E-state index in [1.807, 2.05) is 0 Å². The van der Waals surface area contributed by atoms with E-state index in [1.165, 1.54) is 10.6 Å². The van der Waals surface area contributed by atoms with E-state index in [0.29, 0.717) is 24.9 Å². The highest BCUT2D eigenvalue weighted by molar-refractivity contribution is 5.75. The van der Waals surface area contributed by atoms with E-state index in [-0.39, 0.29) is 12.1 Å². The summed E-state index contributed by atoms with van der Waals surface area (Å²) in [6.07, 6.45) is 1.99. The Labute approximate surface area is 102 Å². The number of aliphatic hydroxyl groups is 1. The Morgan fingerprint density at radius 3 is 2.72 bits per heavy atom. The molecule has 2 N–H and O–H groups in total. The van der Waals surface area contributed by atoms with Gasteiger partial charge in [0.1, 0.15) is 5.52 Å². The van der Waals surface area contributed by atoms with Crippen LogP contribution in [0, 0.1) is 11.6 Å². The number of aromatic nitrogens is 2. The lowest BCUT2D eigenvalue weighted by Crippen LogP contribution is -2.17. The molecule has 98 valence electrons. The third-order valence-corrected chi connectivity index (χ3v) is 2.87. The quantitative estimate of drug-likeness (QED) is 0.801. The number of halogens is 2. The summed E-state index contributed by atoms with van der Waals surface area (Å²) >= 11 is 0. The van der Waals surface area contributed by atoms with Gasteiger partial charge in [-0.2, -0.15) is 0 Å². The van der Waals surface area contributed by atoms with E-state index in [2.05, 4.69) is 4.98 Å². The third-order valence-electron chi connectivity index (χ3n) is 2.87. The maximum atomic E-state index is 13.7. The Morgan fingerprint density at radius 2 is 2.00 bits per heavy atom. The largest absolute Gasteiger partial charge is 0.396 e. The van der Waals surface area contributed by atoms with Crippen molar-refractivity contribution >= 4 is 11.0 Å². The zero-order valence-corrected chi connectivity index (χ0v) is 9.75. The molecule has 0 saturated carbocycles. The van der Waals surface area contributed by atoms with Crippen LogP contribution in [0.25, 0.3) is 11.0 Å². The first-order valence-electron chi connectivity index (χ1n) is 5.82. The second-order valence-electron chi connectivity index (χ2n) is 4.12. The molecule has 0 aliphatic heterocycles. The van der Waals surface area contributed by atoms with Gasteiger partial charge in [0.25, 0.3) is 0 Å². The lowest BCUT2D eigenvalue weighted by Gasteiger charge is -2.04. The summed E-state index contributed by atoms with van der Waals surface area (Å²) in [4.78, 5) is 14.1. The van der Waals surface area contributed by atoms with E-state index in [9.17, 15) is 13.6 Å². The molecule has 2 rings (SSSR count). The van der Waals surface area contributed by atoms with Crippen LogP contribution in [0.4, 0.5) is 8.78 Å². The molecular weight excluding hydrogens is 242 g/mol. The van der Waals surface area contributed by atoms with Crippen LogP contribution in [-0.4, -0.2) is 21.3 Å². The van der Waals surface area contributed by atoms with Gasteiger partial charge in [-0.1, -0.05) is 0 Å². The monoisotopic (exact) mass is 256 g/mol. The number of nitrogens with zero attached hydrogens (tertiary/aromatic N) is 1. The van der Waals surface area contributed by atoms with Gasteiger partial charge in [-0.15, -0.1) is 0 Å². The number of imidazole rings is 1. The standard InChI is InChI=1S/C12H14F2N2O2/c13-8-4-5-9-11(10(8)14)16(12(18)15-9)6-2-1-3-7-17/h4-5,17H,1-3,6-7H2,(H,15,18). The maximum Gasteiger partial charge on any atom is 0.326 e. The minimum atomic E-state index is -1.01. The summed E-state index contributed by atoms with van der Waals surface area (Å²) in [5.41, 5.74) is -0.177. The molecule has 0 unspecified atom stereocenters. The summed E-state index contributed by atoms with van der Waals surface area (Å²) in [6, 6.07) is 2.34. The Kier molecular flexibility index (Phi) is 3.76. The lowest BCUT2D eigenvalue weighted by molar-refractivity contribution is 0.282. The Morgan fingerprint density at radius 1 is 1.22 bits per heavy atom. The molecule has 0 amide bonds. The lowest BCUT2D eigenvalue weighted by atomic mass is 10.2. The molecule has 0 atom stereocenters. The minimum Gasteiger partial charge on any atom is -0.396 e. The van der Waals surface area contributed by atoms with E-state index in [4.69, 9.17) is 5.11 Å². The second kappa shape index (κ2) is 5.30. The molecular formula is C12H14F2N2O2. The molecule has 0 bridgehead atoms. The van der Waals surface area contributed by atoms with Gasteiger partial charge in [0.05, 0.1) is 5.52 Å². The van der Waals surface area contributed by atoms with Gasteiger partial charge < -0.3 is 10.1 Å². The first kappa shape index (κ1) is 12.8. The summed E-state index contributed by atoms with van der Waals surface area (Å²) in [5, 5.41) is 8.65. The van der Waals surface area contributed by atoms with Crippen LogP contribution < -0.4 is 5.69 Å². The molecule has 4 nitrogen and oxygen atoms in total. The van der Waals surface area contributed by atoms with E-state index < -0.39 is 17.3 Å². The van der Waals surface area contributed by atoms with Crippen molar-refractivity contribution in [1.82, 2.24) is 9.55 Å². The van der Waals surface area contributed by atoms with Gasteiger partial charge in [-0.3, -0.25) is 4.57 Å². The van der Waals surface area contributed by atoms with E-state index in [0.717, 1.165) is 12.5 Å². The number of hydrogen-bond donors (Lipinski definition) is 2. The van der Waals surface area contributed by atoms with Crippen molar-refractivity contribution in [3.63, 3.8) is 0 Å². The van der Waals surface area contributed by atoms with Crippen molar-refractivity contribution in [2.75, 3.05) is 6.61 Å². The molecule has 0 fully saturated rings. The number of nitrogens with one attached hydrogen (secondary N) is 1. The van der Waals surface area contributed by atoms with Gasteiger partial charge in [0.15, 0.2) is 11.6 Å². The van der Waals surface area contributed by atoms with Crippen LogP contribution in [0.5, 0.6) is 0 Å². The average Bonchev–Trinajstić information content (AvgIpc) is 2.67. The van der Waals surface area contributed by atoms with E-state index in [1.54, 1.807) is 0 Å². The number of aliphatic hydroxyl groups excluding tert-OH is 1. The Hall–Kier alpha value is -1.69. The molecule has 0 saturated heterocycles. The highest BCUT2D eigenvalue weighted by Gasteiger charge is 2.14. The van der Waals surface area contributed by atoms with Crippen LogP contribution in [0.2, 0.25) is 0 Å². The van der Waals surface area contributed by atoms with Crippen LogP contribution in [0.3, 0.4) is 0 Å². The van der Waals surface area contributed by atoms with Gasteiger partial charge in [0, 0.05) is 13.2 Å². The number of aromatic amines is 1. The molecule has 0 spiro atoms. The average molecular weight is 256 g/mol. The van der Waals surface area contributed by atoms with Gasteiger partial charge >= 0.3 is 5.69 Å². The molecule has 2 aromatic rings. The number of H-pyrrole nitrogens is 1. The van der Waals surface area contributed by atoms with Crippen molar-refractivity contribution in [3.05, 3.63) is 34.3 Å². The molecule has 0 radical (unpaired) electrons. The van der Waals surface area contributed by atoms with Gasteiger partial charge in [-0.05, 0) is 31.4 Å². The molecule has 1 aromatic carbocycles. The van der Waals surface area contributed by atoms with Crippen molar-refractivity contribution in [3.8, 4) is 0 Å². The Bertz CT molecular complexity index is 604. The van der Waals surface area contributed by atoms with Gasteiger partial charge in [0.2, 0.25) is 0 Å². The van der Waals surface area contributed by atoms with Crippen molar-refractivity contribution < 1.29 is 13.9 Å². The van der Waals surface area contributed by atoms with Crippen LogP contribution in [-0.2, 0) is 6.54 Å². The zero-order chi connectivity index (χ0) is 13.1. The smallest absolute Gasteiger partial charge is 0.326 e. The first-order valence-corrected chi connectivity index (χ1v) is 5.82. The fraction of sp³-hybridized carbons (Fsp3) is 0.417. The Balaban J connectivity index is 2.34. The summed E-state index contributed by atoms with van der Waals surface area (Å²) in [7, 11) is 0. The number of benzene rings is 1.